The monoisotopic (exact) mass is 193 g/mol. The van der Waals surface area contributed by atoms with Crippen molar-refractivity contribution in [2.45, 2.75) is 45.1 Å². The first-order valence-electron chi connectivity index (χ1n) is 4.53. The molecule has 0 unspecified atom stereocenters. The Kier molecular flexibility index (Phi) is 5.14. The van der Waals surface area contributed by atoms with Gasteiger partial charge in [0.1, 0.15) is 0 Å². The molecule has 0 aliphatic heterocycles. The predicted octanol–water partition coefficient (Wildman–Crippen LogP) is 1.70. The van der Waals surface area contributed by atoms with Gasteiger partial charge in [-0.25, -0.2) is 0 Å². The van der Waals surface area contributed by atoms with E-state index in [1.165, 1.54) is 25.7 Å². The molecule has 3 heteroatoms. The van der Waals surface area contributed by atoms with Crippen LogP contribution in [0.5, 0.6) is 0 Å². The molecule has 1 atom stereocenters. The van der Waals surface area contributed by atoms with Gasteiger partial charge in [-0.05, 0) is 31.1 Å². The molecule has 2 nitrogen and oxygen atoms in total. The molecule has 0 amide bonds. The zero-order chi connectivity index (χ0) is 8.32. The van der Waals surface area contributed by atoms with Crippen LogP contribution in [0.25, 0.3) is 0 Å². The number of aliphatic hydroxyl groups excluding tert-OH is 1. The van der Waals surface area contributed by atoms with Crippen LogP contribution >= 0.6 is 12.4 Å². The molecule has 0 spiro atoms. The van der Waals surface area contributed by atoms with Crippen molar-refractivity contribution < 1.29 is 5.11 Å². The fourth-order valence-electron chi connectivity index (χ4n) is 1.66. The average Bonchev–Trinajstić information content (AvgIpc) is 1.96. The first-order valence-corrected chi connectivity index (χ1v) is 4.53. The largest absolute Gasteiger partial charge is 0.395 e. The molecule has 0 radical (unpaired) electrons. The number of hydrogen-bond acceptors (Lipinski definition) is 2. The summed E-state index contributed by atoms with van der Waals surface area (Å²) in [5.41, 5.74) is 6.17. The maximum absolute atomic E-state index is 8.70. The van der Waals surface area contributed by atoms with Gasteiger partial charge in [-0.2, -0.15) is 0 Å². The van der Waals surface area contributed by atoms with Gasteiger partial charge in [0.15, 0.2) is 0 Å². The van der Waals surface area contributed by atoms with E-state index in [1.807, 2.05) is 0 Å². The number of halogens is 1. The summed E-state index contributed by atoms with van der Waals surface area (Å²) in [4.78, 5) is 0. The molecule has 12 heavy (non-hydrogen) atoms. The number of nitrogens with two attached hydrogens (primary N) is 1. The predicted molar refractivity (Wildman–Crippen MR) is 53.5 cm³/mol. The van der Waals surface area contributed by atoms with Crippen molar-refractivity contribution in [1.82, 2.24) is 0 Å². The second-order valence-electron chi connectivity index (χ2n) is 4.15. The minimum absolute atomic E-state index is 0. The summed E-state index contributed by atoms with van der Waals surface area (Å²) in [6.07, 6.45) is 6.25. The lowest BCUT2D eigenvalue weighted by molar-refractivity contribution is 0.132. The van der Waals surface area contributed by atoms with Crippen LogP contribution in [0, 0.1) is 5.41 Å². The smallest absolute Gasteiger partial charge is 0.0582 e. The van der Waals surface area contributed by atoms with Gasteiger partial charge in [-0.1, -0.05) is 13.3 Å². The van der Waals surface area contributed by atoms with Gasteiger partial charge >= 0.3 is 0 Å². The highest BCUT2D eigenvalue weighted by Gasteiger charge is 2.31. The summed E-state index contributed by atoms with van der Waals surface area (Å²) in [5, 5.41) is 8.70. The lowest BCUT2D eigenvalue weighted by atomic mass is 9.67. The molecule has 1 aliphatic carbocycles. The Morgan fingerprint density at radius 2 is 2.08 bits per heavy atom. The molecule has 0 heterocycles. The van der Waals surface area contributed by atoms with Crippen molar-refractivity contribution in [3.63, 3.8) is 0 Å². The maximum Gasteiger partial charge on any atom is 0.0582 e. The Morgan fingerprint density at radius 1 is 1.50 bits per heavy atom. The zero-order valence-corrected chi connectivity index (χ0v) is 8.57. The molecule has 3 N–H and O–H groups in total. The molecule has 0 bridgehead atoms. The van der Waals surface area contributed by atoms with E-state index in [0.29, 0.717) is 5.41 Å². The number of aliphatic hydroxyl groups is 1. The highest BCUT2D eigenvalue weighted by atomic mass is 35.5. The van der Waals surface area contributed by atoms with E-state index in [4.69, 9.17) is 10.8 Å². The van der Waals surface area contributed by atoms with Crippen molar-refractivity contribution in [3.05, 3.63) is 0 Å². The quantitative estimate of drug-likeness (QED) is 0.714. The highest BCUT2D eigenvalue weighted by Crippen LogP contribution is 2.44. The van der Waals surface area contributed by atoms with E-state index < -0.39 is 0 Å². The van der Waals surface area contributed by atoms with E-state index in [0.717, 1.165) is 6.42 Å². The molecular weight excluding hydrogens is 174 g/mol. The third-order valence-electron chi connectivity index (χ3n) is 2.91. The van der Waals surface area contributed by atoms with Gasteiger partial charge in [0.25, 0.3) is 0 Å². The lowest BCUT2D eigenvalue weighted by Crippen LogP contribution is -2.31. The van der Waals surface area contributed by atoms with Crippen molar-refractivity contribution in [2.24, 2.45) is 11.1 Å². The van der Waals surface area contributed by atoms with E-state index >= 15 is 0 Å². The molecule has 0 aromatic rings. The molecule has 0 saturated heterocycles. The van der Waals surface area contributed by atoms with Crippen molar-refractivity contribution in [2.75, 3.05) is 6.61 Å². The Hall–Kier alpha value is 0.210. The van der Waals surface area contributed by atoms with Crippen LogP contribution in [0.3, 0.4) is 0 Å². The Balaban J connectivity index is 0.00000121. The van der Waals surface area contributed by atoms with Gasteiger partial charge in [0, 0.05) is 6.04 Å². The van der Waals surface area contributed by atoms with E-state index in [-0.39, 0.29) is 25.1 Å². The number of hydrogen-bond donors (Lipinski definition) is 2. The molecule has 1 rings (SSSR count). The summed E-state index contributed by atoms with van der Waals surface area (Å²) < 4.78 is 0. The minimum Gasteiger partial charge on any atom is -0.395 e. The SMILES string of the molecule is CC1(CC[C@@H](N)CO)CCC1.Cl. The van der Waals surface area contributed by atoms with E-state index in [2.05, 4.69) is 6.92 Å². The maximum atomic E-state index is 8.70. The first-order chi connectivity index (χ1) is 5.16. The fraction of sp³-hybridized carbons (Fsp3) is 1.00. The summed E-state index contributed by atoms with van der Waals surface area (Å²) in [7, 11) is 0. The minimum atomic E-state index is 0. The Morgan fingerprint density at radius 3 is 2.42 bits per heavy atom. The van der Waals surface area contributed by atoms with Crippen LogP contribution in [0.15, 0.2) is 0 Å². The van der Waals surface area contributed by atoms with Gasteiger partial charge in [0.2, 0.25) is 0 Å². The highest BCUT2D eigenvalue weighted by molar-refractivity contribution is 5.85. The average molecular weight is 194 g/mol. The van der Waals surface area contributed by atoms with Crippen molar-refractivity contribution >= 4 is 12.4 Å². The Bertz CT molecular complexity index is 126. The second kappa shape index (κ2) is 5.05. The topological polar surface area (TPSA) is 46.2 Å². The fourth-order valence-corrected chi connectivity index (χ4v) is 1.66. The normalized spacial score (nSPS) is 22.2. The first kappa shape index (κ1) is 12.2. The van der Waals surface area contributed by atoms with Crippen molar-refractivity contribution in [1.29, 1.82) is 0 Å². The van der Waals surface area contributed by atoms with Crippen LogP contribution in [-0.4, -0.2) is 17.8 Å². The van der Waals surface area contributed by atoms with E-state index in [1.54, 1.807) is 0 Å². The zero-order valence-electron chi connectivity index (χ0n) is 7.75. The molecule has 1 fully saturated rings. The van der Waals surface area contributed by atoms with Crippen LogP contribution < -0.4 is 5.73 Å². The van der Waals surface area contributed by atoms with E-state index in [9.17, 15) is 0 Å². The Labute approximate surface area is 80.9 Å². The standard InChI is InChI=1S/C9H19NO.ClH/c1-9(4-2-5-9)6-3-8(10)7-11;/h8,11H,2-7,10H2,1H3;1H/t8-;/m1./s1. The van der Waals surface area contributed by atoms with Gasteiger partial charge in [0.05, 0.1) is 6.61 Å². The molecule has 74 valence electrons. The molecule has 1 aliphatic rings. The molecule has 0 aromatic heterocycles. The van der Waals surface area contributed by atoms with Gasteiger partial charge in [-0.15, -0.1) is 12.4 Å². The summed E-state index contributed by atoms with van der Waals surface area (Å²) in [5.74, 6) is 0. The molecular formula is C9H20ClNO. The summed E-state index contributed by atoms with van der Waals surface area (Å²) >= 11 is 0. The summed E-state index contributed by atoms with van der Waals surface area (Å²) in [6.45, 7) is 2.46. The lowest BCUT2D eigenvalue weighted by Gasteiger charge is -2.39. The van der Waals surface area contributed by atoms with Crippen LogP contribution in [0.2, 0.25) is 0 Å². The molecule has 1 saturated carbocycles. The number of rotatable bonds is 4. The third-order valence-corrected chi connectivity index (χ3v) is 2.91. The summed E-state index contributed by atoms with van der Waals surface area (Å²) in [6, 6.07) is 0.00687. The van der Waals surface area contributed by atoms with Crippen LogP contribution in [0.1, 0.15) is 39.0 Å². The second-order valence-corrected chi connectivity index (χ2v) is 4.15. The van der Waals surface area contributed by atoms with Crippen LogP contribution in [0.4, 0.5) is 0 Å². The van der Waals surface area contributed by atoms with Gasteiger partial charge < -0.3 is 10.8 Å². The molecule has 0 aromatic carbocycles. The van der Waals surface area contributed by atoms with Crippen LogP contribution in [-0.2, 0) is 0 Å². The van der Waals surface area contributed by atoms with Crippen molar-refractivity contribution in [3.8, 4) is 0 Å². The third kappa shape index (κ3) is 3.30. The van der Waals surface area contributed by atoms with Gasteiger partial charge in [-0.3, -0.25) is 0 Å².